The van der Waals surface area contributed by atoms with Gasteiger partial charge in [-0.3, -0.25) is 0 Å². The number of aryl methyl sites for hydroxylation is 2. The Morgan fingerprint density at radius 2 is 2.15 bits per heavy atom. The van der Waals surface area contributed by atoms with Gasteiger partial charge in [-0.1, -0.05) is 10.7 Å². The largest absolute Gasteiger partial charge is 0.361 e. The second-order valence-corrected chi connectivity index (χ2v) is 3.41. The van der Waals surface area contributed by atoms with Crippen molar-refractivity contribution in [2.24, 2.45) is 5.73 Å². The zero-order valence-corrected chi connectivity index (χ0v) is 8.59. The fourth-order valence-corrected chi connectivity index (χ4v) is 1.06. The molecule has 0 spiro atoms. The van der Waals surface area contributed by atoms with E-state index in [4.69, 9.17) is 10.3 Å². The van der Waals surface area contributed by atoms with Crippen LogP contribution in [0, 0.1) is 13.8 Å². The average Bonchev–Trinajstić information content (AvgIpc) is 2.35. The summed E-state index contributed by atoms with van der Waals surface area (Å²) in [5.74, 6) is 0.845. The molecule has 0 saturated carbocycles. The van der Waals surface area contributed by atoms with E-state index in [1.807, 2.05) is 33.8 Å². The van der Waals surface area contributed by atoms with Crippen LogP contribution in [0.5, 0.6) is 0 Å². The van der Waals surface area contributed by atoms with Gasteiger partial charge in [0.1, 0.15) is 5.76 Å². The number of hydrogen-bond acceptors (Lipinski definition) is 3. The summed E-state index contributed by atoms with van der Waals surface area (Å²) in [7, 11) is 0. The van der Waals surface area contributed by atoms with E-state index >= 15 is 0 Å². The van der Waals surface area contributed by atoms with E-state index in [1.165, 1.54) is 0 Å². The first-order chi connectivity index (χ1) is 6.02. The average molecular weight is 180 g/mol. The number of rotatable bonds is 2. The first-order valence-electron chi connectivity index (χ1n) is 4.39. The molecule has 0 bridgehead atoms. The minimum atomic E-state index is 0.0775. The van der Waals surface area contributed by atoms with Gasteiger partial charge in [-0.05, 0) is 33.8 Å². The standard InChI is InChI=1S/C10H16N2O/c1-6(7(2)11)5-10-8(3)12-13-9(10)4/h5,7H,11H2,1-4H3. The molecule has 13 heavy (non-hydrogen) atoms. The third kappa shape index (κ3) is 2.18. The maximum absolute atomic E-state index is 5.73. The van der Waals surface area contributed by atoms with E-state index in [0.717, 1.165) is 22.6 Å². The van der Waals surface area contributed by atoms with Gasteiger partial charge in [0.15, 0.2) is 0 Å². The van der Waals surface area contributed by atoms with Crippen molar-refractivity contribution in [3.63, 3.8) is 0 Å². The molecular weight excluding hydrogens is 164 g/mol. The summed E-state index contributed by atoms with van der Waals surface area (Å²) >= 11 is 0. The lowest BCUT2D eigenvalue weighted by molar-refractivity contribution is 0.393. The molecule has 1 aromatic heterocycles. The molecule has 1 aromatic rings. The van der Waals surface area contributed by atoms with Crippen LogP contribution in [0.25, 0.3) is 6.08 Å². The fraction of sp³-hybridized carbons (Fsp3) is 0.500. The molecule has 0 aromatic carbocycles. The highest BCUT2D eigenvalue weighted by Crippen LogP contribution is 2.16. The quantitative estimate of drug-likeness (QED) is 0.757. The molecule has 3 heteroatoms. The molecule has 1 rings (SSSR count). The Hall–Kier alpha value is -1.09. The minimum absolute atomic E-state index is 0.0775. The van der Waals surface area contributed by atoms with Crippen molar-refractivity contribution in [3.05, 3.63) is 22.6 Å². The maximum atomic E-state index is 5.73. The minimum Gasteiger partial charge on any atom is -0.361 e. The van der Waals surface area contributed by atoms with Gasteiger partial charge < -0.3 is 10.3 Å². The van der Waals surface area contributed by atoms with Gasteiger partial charge in [0.25, 0.3) is 0 Å². The van der Waals surface area contributed by atoms with Crippen molar-refractivity contribution in [1.82, 2.24) is 5.16 Å². The molecule has 0 saturated heterocycles. The third-order valence-electron chi connectivity index (χ3n) is 2.18. The molecule has 1 unspecified atom stereocenters. The van der Waals surface area contributed by atoms with Crippen molar-refractivity contribution in [1.29, 1.82) is 0 Å². The van der Waals surface area contributed by atoms with Crippen molar-refractivity contribution in [3.8, 4) is 0 Å². The number of hydrogen-bond donors (Lipinski definition) is 1. The van der Waals surface area contributed by atoms with E-state index in [2.05, 4.69) is 5.16 Å². The Kier molecular flexibility index (Phi) is 2.88. The molecule has 1 atom stereocenters. The molecule has 2 N–H and O–H groups in total. The zero-order valence-electron chi connectivity index (χ0n) is 8.59. The van der Waals surface area contributed by atoms with Gasteiger partial charge in [-0.2, -0.15) is 0 Å². The van der Waals surface area contributed by atoms with Gasteiger partial charge in [-0.25, -0.2) is 0 Å². The van der Waals surface area contributed by atoms with E-state index in [0.29, 0.717) is 0 Å². The second kappa shape index (κ2) is 3.75. The summed E-state index contributed by atoms with van der Waals surface area (Å²) in [5.41, 5.74) is 8.83. The van der Waals surface area contributed by atoms with Gasteiger partial charge in [0.05, 0.1) is 5.69 Å². The van der Waals surface area contributed by atoms with Gasteiger partial charge in [0, 0.05) is 11.6 Å². The monoisotopic (exact) mass is 180 g/mol. The first-order valence-corrected chi connectivity index (χ1v) is 4.39. The van der Waals surface area contributed by atoms with Crippen LogP contribution >= 0.6 is 0 Å². The Morgan fingerprint density at radius 1 is 1.54 bits per heavy atom. The van der Waals surface area contributed by atoms with Gasteiger partial charge in [0.2, 0.25) is 0 Å². The van der Waals surface area contributed by atoms with E-state index < -0.39 is 0 Å². The lowest BCUT2D eigenvalue weighted by Crippen LogP contribution is -2.15. The molecule has 1 heterocycles. The molecule has 0 radical (unpaired) electrons. The Balaban J connectivity index is 3.03. The SMILES string of the molecule is CC(=Cc1c(C)noc1C)C(C)N. The van der Waals surface area contributed by atoms with Gasteiger partial charge in [-0.15, -0.1) is 0 Å². The number of nitrogens with zero attached hydrogens (tertiary/aromatic N) is 1. The topological polar surface area (TPSA) is 52.0 Å². The van der Waals surface area contributed by atoms with Crippen LogP contribution in [0.1, 0.15) is 30.9 Å². The Morgan fingerprint density at radius 3 is 2.54 bits per heavy atom. The van der Waals surface area contributed by atoms with Crippen LogP contribution in [-0.2, 0) is 0 Å². The predicted octanol–water partition coefficient (Wildman–Crippen LogP) is 2.04. The molecule has 0 amide bonds. The smallest absolute Gasteiger partial charge is 0.141 e. The van der Waals surface area contributed by atoms with Crippen molar-refractivity contribution in [2.45, 2.75) is 33.7 Å². The molecule has 3 nitrogen and oxygen atoms in total. The lowest BCUT2D eigenvalue weighted by Gasteiger charge is -2.04. The second-order valence-electron chi connectivity index (χ2n) is 3.41. The summed E-state index contributed by atoms with van der Waals surface area (Å²) in [6, 6.07) is 0.0775. The molecule has 0 aliphatic rings. The number of nitrogens with two attached hydrogens (primary N) is 1. The molecule has 0 aliphatic heterocycles. The van der Waals surface area contributed by atoms with Crippen LogP contribution in [0.2, 0.25) is 0 Å². The third-order valence-corrected chi connectivity index (χ3v) is 2.18. The highest BCUT2D eigenvalue weighted by Gasteiger charge is 2.07. The summed E-state index contributed by atoms with van der Waals surface area (Å²) in [6.07, 6.45) is 2.03. The maximum Gasteiger partial charge on any atom is 0.141 e. The normalized spacial score (nSPS) is 14.7. The highest BCUT2D eigenvalue weighted by molar-refractivity contribution is 5.56. The molecule has 0 aliphatic carbocycles. The molecule has 0 fully saturated rings. The summed E-state index contributed by atoms with van der Waals surface area (Å²) in [4.78, 5) is 0. The zero-order chi connectivity index (χ0) is 10.0. The number of aromatic nitrogens is 1. The summed E-state index contributed by atoms with van der Waals surface area (Å²) in [6.45, 7) is 7.80. The van der Waals surface area contributed by atoms with Crippen LogP contribution in [-0.4, -0.2) is 11.2 Å². The van der Waals surface area contributed by atoms with Crippen LogP contribution in [0.4, 0.5) is 0 Å². The van der Waals surface area contributed by atoms with E-state index in [9.17, 15) is 0 Å². The van der Waals surface area contributed by atoms with Gasteiger partial charge >= 0.3 is 0 Å². The lowest BCUT2D eigenvalue weighted by atomic mass is 10.1. The Bertz CT molecular complexity index is 304. The summed E-state index contributed by atoms with van der Waals surface area (Å²) < 4.78 is 5.04. The first kappa shape index (κ1) is 9.99. The van der Waals surface area contributed by atoms with Crippen molar-refractivity contribution in [2.75, 3.05) is 0 Å². The fourth-order valence-electron chi connectivity index (χ4n) is 1.06. The Labute approximate surface area is 78.6 Å². The van der Waals surface area contributed by atoms with Crippen molar-refractivity contribution >= 4 is 6.08 Å². The van der Waals surface area contributed by atoms with Crippen LogP contribution < -0.4 is 5.73 Å². The van der Waals surface area contributed by atoms with Crippen LogP contribution in [0.15, 0.2) is 10.1 Å². The highest BCUT2D eigenvalue weighted by atomic mass is 16.5. The summed E-state index contributed by atoms with van der Waals surface area (Å²) in [5, 5.41) is 3.87. The van der Waals surface area contributed by atoms with Crippen molar-refractivity contribution < 1.29 is 4.52 Å². The van der Waals surface area contributed by atoms with E-state index in [1.54, 1.807) is 0 Å². The molecule has 72 valence electrons. The predicted molar refractivity (Wildman–Crippen MR) is 53.3 cm³/mol. The molecular formula is C10H16N2O. The van der Waals surface area contributed by atoms with Crippen LogP contribution in [0.3, 0.4) is 0 Å². The van der Waals surface area contributed by atoms with E-state index in [-0.39, 0.29) is 6.04 Å².